The van der Waals surface area contributed by atoms with E-state index in [1.165, 1.54) is 37.1 Å². The Kier molecular flexibility index (Phi) is 6.95. The Hall–Kier alpha value is -0.820. The number of hydrogen-bond acceptors (Lipinski definition) is 4. The highest BCUT2D eigenvalue weighted by molar-refractivity contribution is 14.0. The summed E-state index contributed by atoms with van der Waals surface area (Å²) in [5.41, 5.74) is 2.75. The summed E-state index contributed by atoms with van der Waals surface area (Å²) < 4.78 is 0. The van der Waals surface area contributed by atoms with Crippen LogP contribution in [-0.4, -0.2) is 37.0 Å². The molecular formula is C17H27IN4. The van der Waals surface area contributed by atoms with Crippen molar-refractivity contribution in [2.75, 3.05) is 26.2 Å². The number of rotatable bonds is 4. The topological polar surface area (TPSA) is 39.7 Å². The van der Waals surface area contributed by atoms with Gasteiger partial charge in [0.05, 0.1) is 6.54 Å². The largest absolute Gasteiger partial charge is 0.355 e. The Morgan fingerprint density at radius 3 is 2.77 bits per heavy atom. The van der Waals surface area contributed by atoms with E-state index >= 15 is 0 Å². The number of hydrogen-bond donors (Lipinski definition) is 2. The molecule has 2 aliphatic heterocycles. The second kappa shape index (κ2) is 8.72. The smallest absolute Gasteiger partial charge is 0.191 e. The maximum Gasteiger partial charge on any atom is 0.191 e. The molecule has 0 aliphatic carbocycles. The van der Waals surface area contributed by atoms with Gasteiger partial charge >= 0.3 is 0 Å². The third-order valence-electron chi connectivity index (χ3n) is 4.41. The highest BCUT2D eigenvalue weighted by Gasteiger charge is 2.15. The van der Waals surface area contributed by atoms with Crippen LogP contribution in [0.15, 0.2) is 29.3 Å². The Balaban J connectivity index is 0.00000176. The quantitative estimate of drug-likeness (QED) is 0.745. The van der Waals surface area contributed by atoms with Crippen LogP contribution < -0.4 is 10.6 Å². The van der Waals surface area contributed by atoms with Crippen LogP contribution in [0.25, 0.3) is 0 Å². The SMILES string of the molecule is CC1CCN(Cc2cccc(CNC3=NCCN3)c2)CC1.I. The van der Waals surface area contributed by atoms with Crippen LogP contribution >= 0.6 is 24.0 Å². The van der Waals surface area contributed by atoms with Crippen LogP contribution in [0.3, 0.4) is 0 Å². The molecule has 2 aliphatic rings. The molecule has 2 N–H and O–H groups in total. The van der Waals surface area contributed by atoms with Crippen molar-refractivity contribution in [3.63, 3.8) is 0 Å². The zero-order valence-corrected chi connectivity index (χ0v) is 15.7. The lowest BCUT2D eigenvalue weighted by molar-refractivity contribution is 0.185. The first-order chi connectivity index (χ1) is 10.3. The summed E-state index contributed by atoms with van der Waals surface area (Å²) in [6.07, 6.45) is 2.68. The van der Waals surface area contributed by atoms with Crippen LogP contribution in [0, 0.1) is 5.92 Å². The minimum Gasteiger partial charge on any atom is -0.355 e. The molecule has 2 heterocycles. The van der Waals surface area contributed by atoms with E-state index in [9.17, 15) is 0 Å². The molecule has 5 heteroatoms. The number of guanidine groups is 1. The van der Waals surface area contributed by atoms with Gasteiger partial charge in [0, 0.05) is 19.6 Å². The minimum absolute atomic E-state index is 0. The molecule has 0 saturated carbocycles. The molecule has 3 rings (SSSR count). The summed E-state index contributed by atoms with van der Waals surface area (Å²) >= 11 is 0. The van der Waals surface area contributed by atoms with Crippen LogP contribution in [-0.2, 0) is 13.1 Å². The number of piperidine rings is 1. The zero-order valence-electron chi connectivity index (χ0n) is 13.3. The first kappa shape index (κ1) is 17.5. The highest BCUT2D eigenvalue weighted by atomic mass is 127. The molecule has 0 aromatic heterocycles. The predicted molar refractivity (Wildman–Crippen MR) is 103 cm³/mol. The number of aliphatic imine (C=N–C) groups is 1. The molecule has 0 radical (unpaired) electrons. The Labute approximate surface area is 150 Å². The van der Waals surface area contributed by atoms with Crippen molar-refractivity contribution >= 4 is 29.9 Å². The van der Waals surface area contributed by atoms with Crippen molar-refractivity contribution in [2.24, 2.45) is 10.9 Å². The van der Waals surface area contributed by atoms with Gasteiger partial charge in [-0.2, -0.15) is 0 Å². The van der Waals surface area contributed by atoms with Crippen LogP contribution in [0.5, 0.6) is 0 Å². The van der Waals surface area contributed by atoms with E-state index in [-0.39, 0.29) is 24.0 Å². The zero-order chi connectivity index (χ0) is 14.5. The monoisotopic (exact) mass is 414 g/mol. The molecule has 0 amide bonds. The van der Waals surface area contributed by atoms with E-state index in [4.69, 9.17) is 0 Å². The lowest BCUT2D eigenvalue weighted by atomic mass is 9.98. The molecular weight excluding hydrogens is 387 g/mol. The Bertz CT molecular complexity index is 495. The maximum atomic E-state index is 4.36. The summed E-state index contributed by atoms with van der Waals surface area (Å²) in [7, 11) is 0. The lowest BCUT2D eigenvalue weighted by Crippen LogP contribution is -2.33. The van der Waals surface area contributed by atoms with Crippen molar-refractivity contribution in [3.8, 4) is 0 Å². The second-order valence-corrected chi connectivity index (χ2v) is 6.29. The molecule has 122 valence electrons. The number of nitrogens with one attached hydrogen (secondary N) is 2. The van der Waals surface area contributed by atoms with Crippen LogP contribution in [0.4, 0.5) is 0 Å². The maximum absolute atomic E-state index is 4.36. The van der Waals surface area contributed by atoms with Gasteiger partial charge in [0.1, 0.15) is 0 Å². The average Bonchev–Trinajstić information content (AvgIpc) is 3.01. The van der Waals surface area contributed by atoms with Gasteiger partial charge < -0.3 is 10.6 Å². The number of nitrogens with zero attached hydrogens (tertiary/aromatic N) is 2. The summed E-state index contributed by atoms with van der Waals surface area (Å²) in [4.78, 5) is 6.94. The highest BCUT2D eigenvalue weighted by Crippen LogP contribution is 2.18. The Morgan fingerprint density at radius 2 is 2.05 bits per heavy atom. The van der Waals surface area contributed by atoms with E-state index in [2.05, 4.69) is 51.7 Å². The van der Waals surface area contributed by atoms with Gasteiger partial charge in [-0.05, 0) is 43.0 Å². The molecule has 0 bridgehead atoms. The van der Waals surface area contributed by atoms with E-state index in [1.807, 2.05) is 0 Å². The molecule has 0 unspecified atom stereocenters. The summed E-state index contributed by atoms with van der Waals surface area (Å²) in [6, 6.07) is 8.92. The number of halogens is 1. The average molecular weight is 414 g/mol. The third-order valence-corrected chi connectivity index (χ3v) is 4.41. The first-order valence-electron chi connectivity index (χ1n) is 8.12. The van der Waals surface area contributed by atoms with Crippen LogP contribution in [0.1, 0.15) is 30.9 Å². The minimum atomic E-state index is 0. The normalized spacial score (nSPS) is 19.2. The standard InChI is InChI=1S/C17H26N4.HI/c1-14-5-9-21(10-6-14)13-16-4-2-3-15(11-16)12-20-17-18-7-8-19-17;/h2-4,11,14H,5-10,12-13H2,1H3,(H2,18,19,20);1H. The van der Waals surface area contributed by atoms with Crippen LogP contribution in [0.2, 0.25) is 0 Å². The van der Waals surface area contributed by atoms with Gasteiger partial charge in [0.15, 0.2) is 5.96 Å². The van der Waals surface area contributed by atoms with Gasteiger partial charge in [-0.15, -0.1) is 24.0 Å². The fraction of sp³-hybridized carbons (Fsp3) is 0.588. The van der Waals surface area contributed by atoms with Crippen molar-refractivity contribution in [3.05, 3.63) is 35.4 Å². The summed E-state index contributed by atoms with van der Waals surface area (Å²) in [6.45, 7) is 8.61. The molecule has 1 saturated heterocycles. The molecule has 1 fully saturated rings. The number of benzene rings is 1. The van der Waals surface area contributed by atoms with Gasteiger partial charge in [0.2, 0.25) is 0 Å². The fourth-order valence-electron chi connectivity index (χ4n) is 3.02. The summed E-state index contributed by atoms with van der Waals surface area (Å²) in [5.74, 6) is 1.84. The lowest BCUT2D eigenvalue weighted by Gasteiger charge is -2.30. The van der Waals surface area contributed by atoms with E-state index in [0.717, 1.165) is 38.1 Å². The molecule has 4 nitrogen and oxygen atoms in total. The van der Waals surface area contributed by atoms with Crippen molar-refractivity contribution in [2.45, 2.75) is 32.9 Å². The van der Waals surface area contributed by atoms with Crippen molar-refractivity contribution in [1.29, 1.82) is 0 Å². The molecule has 1 aromatic rings. The van der Waals surface area contributed by atoms with Crippen molar-refractivity contribution in [1.82, 2.24) is 15.5 Å². The molecule has 22 heavy (non-hydrogen) atoms. The van der Waals surface area contributed by atoms with Crippen molar-refractivity contribution < 1.29 is 0 Å². The molecule has 1 aromatic carbocycles. The van der Waals surface area contributed by atoms with E-state index in [0.29, 0.717) is 0 Å². The van der Waals surface area contributed by atoms with E-state index < -0.39 is 0 Å². The summed E-state index contributed by atoms with van der Waals surface area (Å²) in [5, 5.41) is 6.60. The number of likely N-dealkylation sites (tertiary alicyclic amines) is 1. The molecule has 0 atom stereocenters. The van der Waals surface area contributed by atoms with Gasteiger partial charge in [-0.3, -0.25) is 9.89 Å². The first-order valence-corrected chi connectivity index (χ1v) is 8.12. The second-order valence-electron chi connectivity index (χ2n) is 6.29. The Morgan fingerprint density at radius 1 is 1.27 bits per heavy atom. The molecule has 0 spiro atoms. The fourth-order valence-corrected chi connectivity index (χ4v) is 3.02. The third kappa shape index (κ3) is 5.12. The van der Waals surface area contributed by atoms with Gasteiger partial charge in [0.25, 0.3) is 0 Å². The van der Waals surface area contributed by atoms with E-state index in [1.54, 1.807) is 0 Å². The predicted octanol–water partition coefficient (Wildman–Crippen LogP) is 2.59. The van der Waals surface area contributed by atoms with Gasteiger partial charge in [-0.25, -0.2) is 0 Å². The van der Waals surface area contributed by atoms with Gasteiger partial charge in [-0.1, -0.05) is 31.2 Å².